The van der Waals surface area contributed by atoms with Gasteiger partial charge in [-0.05, 0) is 31.2 Å². The first-order valence-electron chi connectivity index (χ1n) is 8.86. The molecule has 1 aromatic rings. The number of anilines is 1. The van der Waals surface area contributed by atoms with Crippen LogP contribution in [0.1, 0.15) is 19.3 Å². The van der Waals surface area contributed by atoms with Crippen molar-refractivity contribution in [1.82, 2.24) is 14.8 Å². The third kappa shape index (κ3) is 4.03. The van der Waals surface area contributed by atoms with Gasteiger partial charge < -0.3 is 9.80 Å². The summed E-state index contributed by atoms with van der Waals surface area (Å²) in [4.78, 5) is 23.7. The molecule has 24 heavy (non-hydrogen) atoms. The minimum absolute atomic E-state index is 0.271. The van der Waals surface area contributed by atoms with Crippen LogP contribution in [0.5, 0.6) is 0 Å². The molecule has 0 N–H and O–H groups in total. The molecule has 3 rings (SSSR count). The number of carbonyl (C=O) groups excluding carboxylic acids is 1. The quantitative estimate of drug-likeness (QED) is 0.813. The minimum Gasteiger partial charge on any atom is -0.354 e. The number of rotatable bonds is 5. The Morgan fingerprint density at radius 1 is 1.29 bits per heavy atom. The highest BCUT2D eigenvalue weighted by atomic mass is 32.2. The van der Waals surface area contributed by atoms with Crippen LogP contribution < -0.4 is 4.90 Å². The number of piperazine rings is 1. The Hall–Kier alpha value is -1.27. The molecule has 0 aromatic carbocycles. The lowest BCUT2D eigenvalue weighted by molar-refractivity contribution is -0.133. The molecule has 2 atom stereocenters. The van der Waals surface area contributed by atoms with Gasteiger partial charge in [-0.15, -0.1) is 0 Å². The smallest absolute Gasteiger partial charge is 0.236 e. The van der Waals surface area contributed by atoms with Crippen LogP contribution >= 0.6 is 11.8 Å². The molecule has 0 radical (unpaired) electrons. The molecular formula is C18H28N4OS. The Labute approximate surface area is 149 Å². The fraction of sp³-hybridized carbons (Fsp3) is 0.667. The van der Waals surface area contributed by atoms with Gasteiger partial charge >= 0.3 is 0 Å². The number of hydrogen-bond acceptors (Lipinski definition) is 5. The number of carbonyl (C=O) groups is 1. The predicted molar refractivity (Wildman–Crippen MR) is 101 cm³/mol. The van der Waals surface area contributed by atoms with Crippen LogP contribution in [0.4, 0.5) is 5.82 Å². The van der Waals surface area contributed by atoms with Crippen LogP contribution in [0.2, 0.25) is 0 Å². The molecule has 1 amide bonds. The zero-order valence-corrected chi connectivity index (χ0v) is 15.5. The number of aromatic nitrogens is 1. The third-order valence-corrected chi connectivity index (χ3v) is 6.47. The summed E-state index contributed by atoms with van der Waals surface area (Å²) in [5.74, 6) is 1.31. The number of pyridine rings is 1. The Bertz CT molecular complexity index is 533. The van der Waals surface area contributed by atoms with E-state index in [4.69, 9.17) is 0 Å². The first-order valence-corrected chi connectivity index (χ1v) is 10.1. The van der Waals surface area contributed by atoms with Crippen molar-refractivity contribution in [3.63, 3.8) is 0 Å². The van der Waals surface area contributed by atoms with Crippen LogP contribution in [-0.2, 0) is 4.79 Å². The van der Waals surface area contributed by atoms with Gasteiger partial charge in [0.15, 0.2) is 0 Å². The van der Waals surface area contributed by atoms with E-state index in [9.17, 15) is 4.79 Å². The SMILES string of the molecule is CSC1CCCC1N(C)C(=O)CN1CCN(c2ccccn2)CC1. The van der Waals surface area contributed by atoms with E-state index in [2.05, 4.69) is 27.1 Å². The molecule has 1 aliphatic heterocycles. The number of hydrogen-bond donors (Lipinski definition) is 0. The first-order chi connectivity index (χ1) is 11.7. The summed E-state index contributed by atoms with van der Waals surface area (Å²) >= 11 is 1.91. The Balaban J connectivity index is 1.48. The summed E-state index contributed by atoms with van der Waals surface area (Å²) in [5, 5.41) is 0.611. The van der Waals surface area contributed by atoms with Crippen molar-refractivity contribution in [3.8, 4) is 0 Å². The average Bonchev–Trinajstić information content (AvgIpc) is 3.11. The molecule has 132 valence electrons. The van der Waals surface area contributed by atoms with Gasteiger partial charge in [0.2, 0.25) is 5.91 Å². The average molecular weight is 349 g/mol. The normalized spacial score (nSPS) is 25.0. The number of nitrogens with zero attached hydrogens (tertiary/aromatic N) is 4. The van der Waals surface area contributed by atoms with Gasteiger partial charge in [0.25, 0.3) is 0 Å². The standard InChI is InChI=1S/C18H28N4OS/c1-20(15-6-5-7-16(15)24-2)18(23)14-21-10-12-22(13-11-21)17-8-3-4-9-19-17/h3-4,8-9,15-16H,5-7,10-14H2,1-2H3. The second-order valence-electron chi connectivity index (χ2n) is 6.73. The van der Waals surface area contributed by atoms with Crippen LogP contribution in [0, 0.1) is 0 Å². The molecule has 0 spiro atoms. The summed E-state index contributed by atoms with van der Waals surface area (Å²) in [6.45, 7) is 4.26. The zero-order chi connectivity index (χ0) is 16.9. The van der Waals surface area contributed by atoms with E-state index in [1.54, 1.807) is 0 Å². The third-order valence-electron chi connectivity index (χ3n) is 5.32. The summed E-state index contributed by atoms with van der Waals surface area (Å²) < 4.78 is 0. The highest BCUT2D eigenvalue weighted by molar-refractivity contribution is 7.99. The number of amides is 1. The Morgan fingerprint density at radius 2 is 2.08 bits per heavy atom. The minimum atomic E-state index is 0.271. The van der Waals surface area contributed by atoms with Crippen molar-refractivity contribution >= 4 is 23.5 Å². The van der Waals surface area contributed by atoms with Gasteiger partial charge in [0, 0.05) is 50.7 Å². The largest absolute Gasteiger partial charge is 0.354 e. The number of thioether (sulfide) groups is 1. The summed E-state index contributed by atoms with van der Waals surface area (Å²) in [6, 6.07) is 6.44. The number of likely N-dealkylation sites (N-methyl/N-ethyl adjacent to an activating group) is 1. The molecule has 1 aliphatic carbocycles. The lowest BCUT2D eigenvalue weighted by Crippen LogP contribution is -2.51. The molecule has 5 nitrogen and oxygen atoms in total. The first kappa shape index (κ1) is 17.5. The maximum absolute atomic E-state index is 12.7. The van der Waals surface area contributed by atoms with Gasteiger partial charge in [-0.1, -0.05) is 12.5 Å². The highest BCUT2D eigenvalue weighted by Crippen LogP contribution is 2.31. The molecular weight excluding hydrogens is 320 g/mol. The fourth-order valence-electron chi connectivity index (χ4n) is 3.79. The second kappa shape index (κ2) is 8.21. The molecule has 1 saturated heterocycles. The molecule has 6 heteroatoms. The maximum atomic E-state index is 12.7. The van der Waals surface area contributed by atoms with Gasteiger partial charge in [-0.2, -0.15) is 11.8 Å². The molecule has 2 unspecified atom stereocenters. The second-order valence-corrected chi connectivity index (χ2v) is 7.81. The molecule has 2 fully saturated rings. The fourth-order valence-corrected chi connectivity index (χ4v) is 4.82. The molecule has 2 heterocycles. The zero-order valence-electron chi connectivity index (χ0n) is 14.7. The van der Waals surface area contributed by atoms with E-state index in [1.165, 1.54) is 12.8 Å². The monoisotopic (exact) mass is 348 g/mol. The van der Waals surface area contributed by atoms with E-state index in [1.807, 2.05) is 42.0 Å². The van der Waals surface area contributed by atoms with Crippen LogP contribution in [-0.4, -0.2) is 78.0 Å². The summed E-state index contributed by atoms with van der Waals surface area (Å²) in [5.41, 5.74) is 0. The highest BCUT2D eigenvalue weighted by Gasteiger charge is 2.32. The predicted octanol–water partition coefficient (Wildman–Crippen LogP) is 1.95. The van der Waals surface area contributed by atoms with Crippen molar-refractivity contribution in [2.24, 2.45) is 0 Å². The van der Waals surface area contributed by atoms with Crippen molar-refractivity contribution in [1.29, 1.82) is 0 Å². The van der Waals surface area contributed by atoms with Crippen molar-refractivity contribution in [2.45, 2.75) is 30.6 Å². The molecule has 2 aliphatic rings. The van der Waals surface area contributed by atoms with Gasteiger partial charge in [-0.25, -0.2) is 4.98 Å². The van der Waals surface area contributed by atoms with E-state index >= 15 is 0 Å². The van der Waals surface area contributed by atoms with Crippen molar-refractivity contribution in [2.75, 3.05) is 50.9 Å². The van der Waals surface area contributed by atoms with Crippen LogP contribution in [0.25, 0.3) is 0 Å². The van der Waals surface area contributed by atoms with E-state index < -0.39 is 0 Å². The molecule has 1 aromatic heterocycles. The summed E-state index contributed by atoms with van der Waals surface area (Å²) in [7, 11) is 1.99. The Morgan fingerprint density at radius 3 is 2.75 bits per heavy atom. The van der Waals surface area contributed by atoms with Gasteiger partial charge in [0.05, 0.1) is 6.54 Å². The lowest BCUT2D eigenvalue weighted by atomic mass is 10.2. The van der Waals surface area contributed by atoms with Crippen molar-refractivity contribution in [3.05, 3.63) is 24.4 Å². The van der Waals surface area contributed by atoms with E-state index in [-0.39, 0.29) is 5.91 Å². The van der Waals surface area contributed by atoms with E-state index in [0.717, 1.165) is 38.4 Å². The van der Waals surface area contributed by atoms with Gasteiger partial charge in [-0.3, -0.25) is 9.69 Å². The van der Waals surface area contributed by atoms with E-state index in [0.29, 0.717) is 17.8 Å². The van der Waals surface area contributed by atoms with Crippen LogP contribution in [0.15, 0.2) is 24.4 Å². The van der Waals surface area contributed by atoms with Crippen LogP contribution in [0.3, 0.4) is 0 Å². The molecule has 1 saturated carbocycles. The maximum Gasteiger partial charge on any atom is 0.236 e. The topological polar surface area (TPSA) is 39.7 Å². The van der Waals surface area contributed by atoms with Crippen molar-refractivity contribution < 1.29 is 4.79 Å². The Kier molecular flexibility index (Phi) is 6.00. The lowest BCUT2D eigenvalue weighted by Gasteiger charge is -2.36. The molecule has 0 bridgehead atoms. The van der Waals surface area contributed by atoms with Gasteiger partial charge in [0.1, 0.15) is 5.82 Å². The summed E-state index contributed by atoms with van der Waals surface area (Å²) in [6.07, 6.45) is 7.64.